The zero-order valence-corrected chi connectivity index (χ0v) is 17.0. The Bertz CT molecular complexity index is 720. The predicted octanol–water partition coefficient (Wildman–Crippen LogP) is 3.67. The molecule has 27 heavy (non-hydrogen) atoms. The molecule has 0 aromatic heterocycles. The third-order valence-corrected chi connectivity index (χ3v) is 5.52. The van der Waals surface area contributed by atoms with Crippen LogP contribution in [-0.2, 0) is 13.1 Å². The van der Waals surface area contributed by atoms with E-state index in [4.69, 9.17) is 17.0 Å². The van der Waals surface area contributed by atoms with Gasteiger partial charge in [-0.05, 0) is 48.8 Å². The van der Waals surface area contributed by atoms with Crippen LogP contribution in [0.25, 0.3) is 0 Å². The Balaban J connectivity index is 1.50. The van der Waals surface area contributed by atoms with Gasteiger partial charge in [0.25, 0.3) is 0 Å². The van der Waals surface area contributed by atoms with Gasteiger partial charge in [-0.3, -0.25) is 4.90 Å². The molecule has 2 aromatic carbocycles. The monoisotopic (exact) mass is 383 g/mol. The highest BCUT2D eigenvalue weighted by Gasteiger charge is 2.28. The second kappa shape index (κ2) is 9.72. The minimum Gasteiger partial charge on any atom is -0.497 e. The van der Waals surface area contributed by atoms with E-state index in [-0.39, 0.29) is 0 Å². The number of likely N-dealkylation sites (tertiary alicyclic amines) is 1. The van der Waals surface area contributed by atoms with Gasteiger partial charge < -0.3 is 15.0 Å². The Morgan fingerprint density at radius 3 is 2.56 bits per heavy atom. The van der Waals surface area contributed by atoms with Crippen molar-refractivity contribution in [3.8, 4) is 5.75 Å². The van der Waals surface area contributed by atoms with Gasteiger partial charge in [-0.1, -0.05) is 42.5 Å². The van der Waals surface area contributed by atoms with Gasteiger partial charge >= 0.3 is 0 Å². The summed E-state index contributed by atoms with van der Waals surface area (Å²) in [6.45, 7) is 7.05. The third-order valence-electron chi connectivity index (χ3n) is 5.14. The normalized spacial score (nSPS) is 16.9. The number of thiocarbonyl (C=S) groups is 1. The molecule has 0 radical (unpaired) electrons. The smallest absolute Gasteiger partial charge is 0.169 e. The molecule has 1 atom stereocenters. The summed E-state index contributed by atoms with van der Waals surface area (Å²) < 4.78 is 5.21. The highest BCUT2D eigenvalue weighted by Crippen LogP contribution is 2.18. The highest BCUT2D eigenvalue weighted by molar-refractivity contribution is 7.80. The standard InChI is InChI=1S/C22H29N3OS/c1-3-25(22(27)23-15-18-9-11-21(26-2)12-10-18)20-13-14-24(17-20)16-19-7-5-4-6-8-19/h4-12,20H,3,13-17H2,1-2H3,(H,23,27). The van der Waals surface area contributed by atoms with E-state index in [1.807, 2.05) is 12.1 Å². The molecule has 1 fully saturated rings. The number of hydrogen-bond donors (Lipinski definition) is 1. The quantitative estimate of drug-likeness (QED) is 0.737. The lowest BCUT2D eigenvalue weighted by Gasteiger charge is -2.31. The van der Waals surface area contributed by atoms with Gasteiger partial charge in [0, 0.05) is 38.8 Å². The summed E-state index contributed by atoms with van der Waals surface area (Å²) in [7, 11) is 1.68. The van der Waals surface area contributed by atoms with Crippen LogP contribution in [0.15, 0.2) is 54.6 Å². The second-order valence-electron chi connectivity index (χ2n) is 6.96. The summed E-state index contributed by atoms with van der Waals surface area (Å²) in [5.41, 5.74) is 2.58. The maximum absolute atomic E-state index is 5.70. The van der Waals surface area contributed by atoms with Crippen LogP contribution in [0.5, 0.6) is 5.75 Å². The van der Waals surface area contributed by atoms with Gasteiger partial charge in [0.1, 0.15) is 5.75 Å². The lowest BCUT2D eigenvalue weighted by molar-refractivity contribution is 0.279. The van der Waals surface area contributed by atoms with Crippen molar-refractivity contribution in [2.24, 2.45) is 0 Å². The molecule has 1 heterocycles. The van der Waals surface area contributed by atoms with E-state index >= 15 is 0 Å². The van der Waals surface area contributed by atoms with Crippen LogP contribution >= 0.6 is 12.2 Å². The molecule has 0 saturated carbocycles. The Kier molecular flexibility index (Phi) is 7.07. The molecule has 2 aromatic rings. The van der Waals surface area contributed by atoms with Crippen molar-refractivity contribution in [1.29, 1.82) is 0 Å². The molecule has 144 valence electrons. The van der Waals surface area contributed by atoms with Crippen molar-refractivity contribution in [2.75, 3.05) is 26.7 Å². The summed E-state index contributed by atoms with van der Waals surface area (Å²) in [6.07, 6.45) is 1.16. The lowest BCUT2D eigenvalue weighted by atomic mass is 10.2. The molecular weight excluding hydrogens is 354 g/mol. The predicted molar refractivity (Wildman–Crippen MR) is 115 cm³/mol. The molecule has 3 rings (SSSR count). The maximum atomic E-state index is 5.70. The zero-order valence-electron chi connectivity index (χ0n) is 16.2. The number of methoxy groups -OCH3 is 1. The minimum atomic E-state index is 0.481. The molecule has 1 aliphatic rings. The molecule has 1 unspecified atom stereocenters. The Hall–Kier alpha value is -2.11. The average Bonchev–Trinajstić information content (AvgIpc) is 3.16. The summed E-state index contributed by atoms with van der Waals surface area (Å²) in [5.74, 6) is 0.876. The van der Waals surface area contributed by atoms with Crippen LogP contribution in [0.2, 0.25) is 0 Å². The van der Waals surface area contributed by atoms with E-state index in [1.54, 1.807) is 7.11 Å². The van der Waals surface area contributed by atoms with Crippen molar-refractivity contribution in [1.82, 2.24) is 15.1 Å². The Morgan fingerprint density at radius 1 is 1.15 bits per heavy atom. The van der Waals surface area contributed by atoms with E-state index in [1.165, 1.54) is 11.1 Å². The van der Waals surface area contributed by atoms with E-state index in [2.05, 4.69) is 64.5 Å². The molecule has 0 aliphatic carbocycles. The van der Waals surface area contributed by atoms with Gasteiger partial charge in [0.2, 0.25) is 0 Å². The number of rotatable bonds is 7. The fraction of sp³-hybridized carbons (Fsp3) is 0.409. The highest BCUT2D eigenvalue weighted by atomic mass is 32.1. The molecule has 1 aliphatic heterocycles. The van der Waals surface area contributed by atoms with Crippen molar-refractivity contribution in [3.05, 3.63) is 65.7 Å². The molecular formula is C22H29N3OS. The van der Waals surface area contributed by atoms with Crippen molar-refractivity contribution < 1.29 is 4.74 Å². The summed E-state index contributed by atoms with van der Waals surface area (Å²) in [6, 6.07) is 19.3. The van der Waals surface area contributed by atoms with Gasteiger partial charge in [-0.25, -0.2) is 0 Å². The van der Waals surface area contributed by atoms with Crippen LogP contribution in [0.1, 0.15) is 24.5 Å². The minimum absolute atomic E-state index is 0.481. The number of nitrogens with one attached hydrogen (secondary N) is 1. The SMILES string of the molecule is CCN(C(=S)NCc1ccc(OC)cc1)C1CCN(Cc2ccccc2)C1. The van der Waals surface area contributed by atoms with E-state index in [0.717, 1.165) is 50.0 Å². The summed E-state index contributed by atoms with van der Waals surface area (Å²) in [4.78, 5) is 4.86. The fourth-order valence-corrected chi connectivity index (χ4v) is 3.99. The van der Waals surface area contributed by atoms with Crippen molar-refractivity contribution >= 4 is 17.3 Å². The number of hydrogen-bond acceptors (Lipinski definition) is 3. The molecule has 5 heteroatoms. The summed E-state index contributed by atoms with van der Waals surface area (Å²) >= 11 is 5.70. The lowest BCUT2D eigenvalue weighted by Crippen LogP contribution is -2.46. The van der Waals surface area contributed by atoms with Crippen LogP contribution in [0, 0.1) is 0 Å². The Labute approximate surface area is 168 Å². The van der Waals surface area contributed by atoms with Crippen LogP contribution in [-0.4, -0.2) is 47.7 Å². The van der Waals surface area contributed by atoms with Crippen molar-refractivity contribution in [2.45, 2.75) is 32.5 Å². The first-order valence-corrected chi connectivity index (χ1v) is 10.0. The third kappa shape index (κ3) is 5.44. The number of nitrogens with zero attached hydrogens (tertiary/aromatic N) is 2. The molecule has 0 spiro atoms. The zero-order chi connectivity index (χ0) is 19.1. The van der Waals surface area contributed by atoms with Crippen molar-refractivity contribution in [3.63, 3.8) is 0 Å². The second-order valence-corrected chi connectivity index (χ2v) is 7.34. The van der Waals surface area contributed by atoms with E-state index < -0.39 is 0 Å². The van der Waals surface area contributed by atoms with Crippen LogP contribution in [0.4, 0.5) is 0 Å². The molecule has 0 amide bonds. The molecule has 4 nitrogen and oxygen atoms in total. The van der Waals surface area contributed by atoms with E-state index in [0.29, 0.717) is 6.04 Å². The molecule has 1 N–H and O–H groups in total. The number of likely N-dealkylation sites (N-methyl/N-ethyl adjacent to an activating group) is 1. The van der Waals surface area contributed by atoms with Crippen LogP contribution in [0.3, 0.4) is 0 Å². The molecule has 1 saturated heterocycles. The first-order chi connectivity index (χ1) is 13.2. The number of ether oxygens (including phenoxy) is 1. The Morgan fingerprint density at radius 2 is 1.89 bits per heavy atom. The van der Waals surface area contributed by atoms with Gasteiger partial charge in [-0.2, -0.15) is 0 Å². The van der Waals surface area contributed by atoms with Crippen LogP contribution < -0.4 is 10.1 Å². The van der Waals surface area contributed by atoms with E-state index in [9.17, 15) is 0 Å². The first-order valence-electron chi connectivity index (χ1n) is 9.63. The first kappa shape index (κ1) is 19.6. The molecule has 0 bridgehead atoms. The number of benzene rings is 2. The van der Waals surface area contributed by atoms with Gasteiger partial charge in [0.05, 0.1) is 7.11 Å². The largest absolute Gasteiger partial charge is 0.497 e. The fourth-order valence-electron chi connectivity index (χ4n) is 3.64. The van der Waals surface area contributed by atoms with Gasteiger partial charge in [-0.15, -0.1) is 0 Å². The maximum Gasteiger partial charge on any atom is 0.169 e. The average molecular weight is 384 g/mol. The summed E-state index contributed by atoms with van der Waals surface area (Å²) in [5, 5.41) is 4.27. The van der Waals surface area contributed by atoms with Gasteiger partial charge in [0.15, 0.2) is 5.11 Å². The topological polar surface area (TPSA) is 27.7 Å².